The van der Waals surface area contributed by atoms with Crippen molar-refractivity contribution in [2.45, 2.75) is 258 Å². The fourth-order valence-electron chi connectivity index (χ4n) is 7.44. The summed E-state index contributed by atoms with van der Waals surface area (Å²) in [4.78, 5) is 38.1. The molecule has 0 spiro atoms. The highest BCUT2D eigenvalue weighted by atomic mass is 16.6. The molecule has 6 heteroatoms. The van der Waals surface area contributed by atoms with Crippen LogP contribution in [-0.4, -0.2) is 37.2 Å². The fourth-order valence-corrected chi connectivity index (χ4v) is 7.44. The number of hydrogen-bond acceptors (Lipinski definition) is 6. The SMILES string of the molecule is CC/C=C\C/C=C\C/C=C\C/C=C\CCCCCCCCCCC(=O)OCC(COC(=O)CCCCC/C=C\C/C=C\C/C=C\CC)OC(=O)CCCCCCC/C=C\CCCCCCCC. The van der Waals surface area contributed by atoms with Gasteiger partial charge in [-0.05, 0) is 116 Å². The van der Waals surface area contributed by atoms with Gasteiger partial charge in [0.05, 0.1) is 0 Å². The molecule has 0 aromatic rings. The summed E-state index contributed by atoms with van der Waals surface area (Å²) >= 11 is 0. The molecule has 1 unspecified atom stereocenters. The Hall–Kier alpha value is -3.67. The van der Waals surface area contributed by atoms with Gasteiger partial charge in [0, 0.05) is 19.3 Å². The molecular formula is C61H102O6. The van der Waals surface area contributed by atoms with Crippen molar-refractivity contribution in [2.24, 2.45) is 0 Å². The Bertz CT molecular complexity index is 1350. The van der Waals surface area contributed by atoms with E-state index in [2.05, 4.69) is 118 Å². The van der Waals surface area contributed by atoms with E-state index in [1.165, 1.54) is 83.5 Å². The second-order valence-corrected chi connectivity index (χ2v) is 18.1. The molecule has 0 radical (unpaired) electrons. The molecule has 0 aromatic carbocycles. The number of esters is 3. The van der Waals surface area contributed by atoms with Crippen LogP contribution in [0, 0.1) is 0 Å². The van der Waals surface area contributed by atoms with Crippen molar-refractivity contribution in [1.29, 1.82) is 0 Å². The predicted molar refractivity (Wildman–Crippen MR) is 288 cm³/mol. The van der Waals surface area contributed by atoms with E-state index in [0.717, 1.165) is 128 Å². The minimum Gasteiger partial charge on any atom is -0.462 e. The third-order valence-electron chi connectivity index (χ3n) is 11.6. The first kappa shape index (κ1) is 63.3. The zero-order valence-corrected chi connectivity index (χ0v) is 43.6. The monoisotopic (exact) mass is 931 g/mol. The van der Waals surface area contributed by atoms with Crippen LogP contribution in [0.4, 0.5) is 0 Å². The van der Waals surface area contributed by atoms with Crippen LogP contribution in [0.5, 0.6) is 0 Å². The second kappa shape index (κ2) is 54.9. The van der Waals surface area contributed by atoms with Gasteiger partial charge in [-0.1, -0.05) is 214 Å². The number of hydrogen-bond donors (Lipinski definition) is 0. The lowest BCUT2D eigenvalue weighted by molar-refractivity contribution is -0.167. The van der Waals surface area contributed by atoms with Gasteiger partial charge in [-0.2, -0.15) is 0 Å². The molecule has 6 nitrogen and oxygen atoms in total. The molecule has 0 aliphatic rings. The van der Waals surface area contributed by atoms with Crippen molar-refractivity contribution < 1.29 is 28.6 Å². The topological polar surface area (TPSA) is 78.9 Å². The first-order chi connectivity index (χ1) is 33.0. The highest BCUT2D eigenvalue weighted by Gasteiger charge is 2.19. The van der Waals surface area contributed by atoms with Crippen molar-refractivity contribution in [3.8, 4) is 0 Å². The Balaban J connectivity index is 4.41. The van der Waals surface area contributed by atoms with Gasteiger partial charge in [-0.3, -0.25) is 14.4 Å². The number of rotatable bonds is 49. The summed E-state index contributed by atoms with van der Waals surface area (Å²) < 4.78 is 16.8. The van der Waals surface area contributed by atoms with Gasteiger partial charge in [0.2, 0.25) is 0 Å². The minimum absolute atomic E-state index is 0.0951. The summed E-state index contributed by atoms with van der Waals surface area (Å²) in [5, 5.41) is 0. The van der Waals surface area contributed by atoms with Gasteiger partial charge in [0.25, 0.3) is 0 Å². The molecule has 0 saturated heterocycles. The van der Waals surface area contributed by atoms with Crippen LogP contribution >= 0.6 is 0 Å². The largest absolute Gasteiger partial charge is 0.462 e. The van der Waals surface area contributed by atoms with E-state index in [1.54, 1.807) is 0 Å². The Morgan fingerprint density at radius 1 is 0.313 bits per heavy atom. The van der Waals surface area contributed by atoms with Crippen LogP contribution in [0.3, 0.4) is 0 Å². The lowest BCUT2D eigenvalue weighted by Crippen LogP contribution is -2.30. The summed E-state index contributed by atoms with van der Waals surface area (Å²) in [5.41, 5.74) is 0. The standard InChI is InChI=1S/C61H102O6/c1-4-7-10-13-16-19-22-25-27-28-29-30-31-32-34-36-39-42-45-48-51-54-60(63)66-57-58(56-65-59(62)53-50-47-44-41-38-35-24-21-18-15-12-9-6-3)67-61(64)55-52-49-46-43-40-37-33-26-23-20-17-14-11-8-5-2/h7,9-10,12,16,18-19,21,25-27,29-30,33,35,38,58H,4-6,8,11,13-15,17,20,22-24,28,31-32,34,36-37,39-57H2,1-3H3/b10-7-,12-9-,19-16-,21-18-,27-25-,30-29-,33-26-,38-35-. The number of ether oxygens (including phenoxy) is 3. The first-order valence-corrected chi connectivity index (χ1v) is 27.7. The van der Waals surface area contributed by atoms with Crippen molar-refractivity contribution in [1.82, 2.24) is 0 Å². The zero-order chi connectivity index (χ0) is 48.6. The van der Waals surface area contributed by atoms with Gasteiger partial charge in [0.15, 0.2) is 6.10 Å². The van der Waals surface area contributed by atoms with Crippen LogP contribution in [0.15, 0.2) is 97.2 Å². The molecule has 67 heavy (non-hydrogen) atoms. The summed E-state index contributed by atoms with van der Waals surface area (Å²) in [5.74, 6) is -0.940. The molecular weight excluding hydrogens is 829 g/mol. The van der Waals surface area contributed by atoms with Gasteiger partial charge in [-0.25, -0.2) is 0 Å². The molecule has 0 aliphatic heterocycles. The maximum atomic E-state index is 12.8. The third-order valence-corrected chi connectivity index (χ3v) is 11.6. The van der Waals surface area contributed by atoms with Crippen LogP contribution in [-0.2, 0) is 28.6 Å². The van der Waals surface area contributed by atoms with E-state index in [0.29, 0.717) is 19.3 Å². The van der Waals surface area contributed by atoms with E-state index in [4.69, 9.17) is 14.2 Å². The molecule has 1 atom stereocenters. The number of unbranched alkanes of at least 4 members (excludes halogenated alkanes) is 22. The normalized spacial score (nSPS) is 12.8. The van der Waals surface area contributed by atoms with Gasteiger partial charge < -0.3 is 14.2 Å². The summed E-state index contributed by atoms with van der Waals surface area (Å²) in [6, 6.07) is 0. The molecule has 0 amide bonds. The van der Waals surface area contributed by atoms with Crippen molar-refractivity contribution in [2.75, 3.05) is 13.2 Å². The summed E-state index contributed by atoms with van der Waals surface area (Å²) in [6.07, 6.45) is 72.5. The van der Waals surface area contributed by atoms with E-state index in [-0.39, 0.29) is 31.1 Å². The fraction of sp³-hybridized carbons (Fsp3) is 0.689. The maximum absolute atomic E-state index is 12.8. The average molecular weight is 931 g/mol. The van der Waals surface area contributed by atoms with Gasteiger partial charge in [0.1, 0.15) is 13.2 Å². The molecule has 0 heterocycles. The molecule has 0 fully saturated rings. The average Bonchev–Trinajstić information content (AvgIpc) is 3.33. The lowest BCUT2D eigenvalue weighted by Gasteiger charge is -2.18. The smallest absolute Gasteiger partial charge is 0.306 e. The molecule has 0 aliphatic carbocycles. The molecule has 0 bridgehead atoms. The molecule has 0 aromatic heterocycles. The second-order valence-electron chi connectivity index (χ2n) is 18.1. The molecule has 0 N–H and O–H groups in total. The van der Waals surface area contributed by atoms with E-state index < -0.39 is 6.10 Å². The first-order valence-electron chi connectivity index (χ1n) is 27.7. The van der Waals surface area contributed by atoms with Crippen LogP contribution in [0.2, 0.25) is 0 Å². The lowest BCUT2D eigenvalue weighted by atomic mass is 10.1. The Kier molecular flexibility index (Phi) is 51.9. The van der Waals surface area contributed by atoms with Crippen molar-refractivity contribution in [3.63, 3.8) is 0 Å². The molecule has 382 valence electrons. The van der Waals surface area contributed by atoms with Crippen LogP contribution < -0.4 is 0 Å². The summed E-state index contributed by atoms with van der Waals surface area (Å²) in [6.45, 7) is 6.37. The molecule has 0 rings (SSSR count). The highest BCUT2D eigenvalue weighted by molar-refractivity contribution is 5.71. The van der Waals surface area contributed by atoms with E-state index in [9.17, 15) is 14.4 Å². The Morgan fingerprint density at radius 3 is 0.940 bits per heavy atom. The van der Waals surface area contributed by atoms with E-state index in [1.807, 2.05) is 0 Å². The number of allylic oxidation sites excluding steroid dienone is 16. The predicted octanol–water partition coefficient (Wildman–Crippen LogP) is 18.5. The van der Waals surface area contributed by atoms with Crippen molar-refractivity contribution >= 4 is 17.9 Å². The van der Waals surface area contributed by atoms with Crippen molar-refractivity contribution in [3.05, 3.63) is 97.2 Å². The number of carbonyl (C=O) groups is 3. The van der Waals surface area contributed by atoms with Gasteiger partial charge >= 0.3 is 17.9 Å². The Labute approximate surface area is 413 Å². The van der Waals surface area contributed by atoms with Crippen LogP contribution in [0.25, 0.3) is 0 Å². The summed E-state index contributed by atoms with van der Waals surface area (Å²) in [7, 11) is 0. The minimum atomic E-state index is -0.798. The van der Waals surface area contributed by atoms with Crippen LogP contribution in [0.1, 0.15) is 252 Å². The highest BCUT2D eigenvalue weighted by Crippen LogP contribution is 2.14. The van der Waals surface area contributed by atoms with Gasteiger partial charge in [-0.15, -0.1) is 0 Å². The Morgan fingerprint density at radius 2 is 0.582 bits per heavy atom. The quantitative estimate of drug-likeness (QED) is 0.0262. The maximum Gasteiger partial charge on any atom is 0.306 e. The number of carbonyl (C=O) groups excluding carboxylic acids is 3. The molecule has 0 saturated carbocycles. The third kappa shape index (κ3) is 53.2. The van der Waals surface area contributed by atoms with E-state index >= 15 is 0 Å². The zero-order valence-electron chi connectivity index (χ0n) is 43.6.